The number of esters is 1. The van der Waals surface area contributed by atoms with Gasteiger partial charge in [-0.2, -0.15) is 0 Å². The molecular formula is C69H129NO5. The van der Waals surface area contributed by atoms with E-state index in [-0.39, 0.29) is 18.5 Å². The zero-order valence-electron chi connectivity index (χ0n) is 50.3. The Balaban J connectivity index is 3.47. The first-order valence-corrected chi connectivity index (χ1v) is 33.4. The Bertz CT molecular complexity index is 1260. The van der Waals surface area contributed by atoms with E-state index in [1.807, 2.05) is 6.08 Å². The molecule has 0 aromatic carbocycles. The smallest absolute Gasteiger partial charge is 0.305 e. The summed E-state index contributed by atoms with van der Waals surface area (Å²) >= 11 is 0. The van der Waals surface area contributed by atoms with Gasteiger partial charge in [-0.05, 0) is 83.5 Å². The highest BCUT2D eigenvalue weighted by Crippen LogP contribution is 2.18. The van der Waals surface area contributed by atoms with Gasteiger partial charge in [-0.25, -0.2) is 0 Å². The first-order valence-electron chi connectivity index (χ1n) is 33.4. The largest absolute Gasteiger partial charge is 0.466 e. The van der Waals surface area contributed by atoms with E-state index in [9.17, 15) is 19.8 Å². The maximum atomic E-state index is 12.5. The summed E-state index contributed by atoms with van der Waals surface area (Å²) < 4.78 is 5.47. The molecule has 2 unspecified atom stereocenters. The summed E-state index contributed by atoms with van der Waals surface area (Å²) in [6, 6.07) is -0.637. The summed E-state index contributed by atoms with van der Waals surface area (Å²) in [6.07, 6.45) is 83.1. The molecule has 0 spiro atoms. The number of hydrogen-bond acceptors (Lipinski definition) is 5. The standard InChI is InChI=1S/C69H129NO5/c1-3-5-7-9-11-13-15-17-19-20-21-22-23-24-25-28-31-34-37-41-45-49-53-57-61-67(72)66(65-71)70-68(73)62-58-54-50-46-42-38-35-32-29-26-27-30-33-36-40-44-48-52-56-60-64-75-69(74)63-59-55-51-47-43-39-18-16-14-12-10-8-6-4-2/h10,12,16,18,26,29,57,61,66-67,71-72H,3-9,11,13-15,17,19-25,27-28,30-56,58-60,62-65H2,1-2H3,(H,70,73)/b12-10-,18-16-,29-26-,61-57+. The fraction of sp³-hybridized carbons (Fsp3) is 0.855. The molecule has 1 amide bonds. The van der Waals surface area contributed by atoms with Gasteiger partial charge in [0.2, 0.25) is 5.91 Å². The number of ether oxygens (including phenoxy) is 1. The van der Waals surface area contributed by atoms with Crippen LogP contribution in [0, 0.1) is 0 Å². The van der Waals surface area contributed by atoms with Crippen molar-refractivity contribution in [1.29, 1.82) is 0 Å². The van der Waals surface area contributed by atoms with E-state index in [4.69, 9.17) is 4.74 Å². The summed E-state index contributed by atoms with van der Waals surface area (Å²) in [7, 11) is 0. The van der Waals surface area contributed by atoms with Crippen LogP contribution in [0.25, 0.3) is 0 Å². The van der Waals surface area contributed by atoms with Gasteiger partial charge >= 0.3 is 5.97 Å². The van der Waals surface area contributed by atoms with Crippen molar-refractivity contribution >= 4 is 11.9 Å². The average Bonchev–Trinajstić information content (AvgIpc) is 3.41. The van der Waals surface area contributed by atoms with Gasteiger partial charge in [0, 0.05) is 12.8 Å². The summed E-state index contributed by atoms with van der Waals surface area (Å²) in [5.41, 5.74) is 0. The number of unbranched alkanes of at least 4 members (excludes halogenated alkanes) is 45. The van der Waals surface area contributed by atoms with Crippen LogP contribution in [-0.2, 0) is 14.3 Å². The van der Waals surface area contributed by atoms with Gasteiger partial charge in [-0.15, -0.1) is 0 Å². The van der Waals surface area contributed by atoms with Gasteiger partial charge in [0.25, 0.3) is 0 Å². The Morgan fingerprint density at radius 1 is 0.373 bits per heavy atom. The molecule has 0 aromatic heterocycles. The van der Waals surface area contributed by atoms with Gasteiger partial charge in [-0.3, -0.25) is 9.59 Å². The number of aliphatic hydroxyl groups excluding tert-OH is 2. The molecule has 0 saturated carbocycles. The van der Waals surface area contributed by atoms with E-state index in [1.165, 1.54) is 270 Å². The quantitative estimate of drug-likeness (QED) is 0.0320. The Labute approximate surface area is 467 Å². The zero-order chi connectivity index (χ0) is 54.3. The molecule has 0 aliphatic carbocycles. The first kappa shape index (κ1) is 72.8. The molecule has 6 nitrogen and oxygen atoms in total. The number of carbonyl (C=O) groups excluding carboxylic acids is 2. The fourth-order valence-corrected chi connectivity index (χ4v) is 10.2. The highest BCUT2D eigenvalue weighted by atomic mass is 16.5. The second-order valence-corrected chi connectivity index (χ2v) is 22.8. The summed E-state index contributed by atoms with van der Waals surface area (Å²) in [5, 5.41) is 23.2. The van der Waals surface area contributed by atoms with Crippen molar-refractivity contribution in [2.45, 2.75) is 366 Å². The number of aliphatic hydroxyl groups is 2. The van der Waals surface area contributed by atoms with Gasteiger partial charge < -0.3 is 20.3 Å². The van der Waals surface area contributed by atoms with Gasteiger partial charge in [0.1, 0.15) is 0 Å². The Morgan fingerprint density at radius 2 is 0.680 bits per heavy atom. The lowest BCUT2D eigenvalue weighted by atomic mass is 10.0. The molecule has 0 aliphatic heterocycles. The van der Waals surface area contributed by atoms with Crippen molar-refractivity contribution in [2.24, 2.45) is 0 Å². The normalized spacial score (nSPS) is 12.9. The van der Waals surface area contributed by atoms with E-state index < -0.39 is 12.1 Å². The number of allylic oxidation sites excluding steroid dienone is 7. The molecule has 6 heteroatoms. The second kappa shape index (κ2) is 64.3. The summed E-state index contributed by atoms with van der Waals surface area (Å²) in [4.78, 5) is 24.6. The van der Waals surface area contributed by atoms with Crippen LogP contribution in [0.15, 0.2) is 48.6 Å². The van der Waals surface area contributed by atoms with E-state index in [2.05, 4.69) is 55.6 Å². The summed E-state index contributed by atoms with van der Waals surface area (Å²) in [5.74, 6) is -0.0831. The number of hydrogen-bond donors (Lipinski definition) is 3. The van der Waals surface area contributed by atoms with E-state index in [0.29, 0.717) is 19.4 Å². The van der Waals surface area contributed by atoms with Crippen molar-refractivity contribution < 1.29 is 24.5 Å². The number of carbonyl (C=O) groups is 2. The maximum absolute atomic E-state index is 12.5. The Hall–Kier alpha value is -2.18. The second-order valence-electron chi connectivity index (χ2n) is 22.8. The first-order chi connectivity index (χ1) is 37.0. The molecule has 0 heterocycles. The molecule has 440 valence electrons. The number of amides is 1. The van der Waals surface area contributed by atoms with Crippen molar-refractivity contribution in [1.82, 2.24) is 5.32 Å². The molecule has 0 saturated heterocycles. The third kappa shape index (κ3) is 60.9. The molecule has 0 bridgehead atoms. The Kier molecular flexibility index (Phi) is 62.5. The average molecular weight is 1050 g/mol. The molecule has 75 heavy (non-hydrogen) atoms. The van der Waals surface area contributed by atoms with Gasteiger partial charge in [0.15, 0.2) is 0 Å². The van der Waals surface area contributed by atoms with Gasteiger partial charge in [0.05, 0.1) is 25.4 Å². The monoisotopic (exact) mass is 1050 g/mol. The number of nitrogens with one attached hydrogen (secondary N) is 1. The SMILES string of the molecule is CCCC/C=C\C/C=C\CCCCCCCC(=O)OCCCCCCCCCCC/C=C\CCCCCCCCCC(=O)NC(CO)C(O)/C=C/CCCCCCCCCCCCCCCCCCCCCCCC. The minimum Gasteiger partial charge on any atom is -0.466 e. The molecule has 0 radical (unpaired) electrons. The molecular weight excluding hydrogens is 923 g/mol. The van der Waals surface area contributed by atoms with Crippen molar-refractivity contribution in [3.8, 4) is 0 Å². The minimum atomic E-state index is -0.853. The minimum absolute atomic E-state index is 0.00898. The van der Waals surface area contributed by atoms with Crippen molar-refractivity contribution in [3.05, 3.63) is 48.6 Å². The van der Waals surface area contributed by atoms with Crippen LogP contribution in [0.2, 0.25) is 0 Å². The predicted octanol–water partition coefficient (Wildman–Crippen LogP) is 21.3. The van der Waals surface area contributed by atoms with Crippen LogP contribution in [0.4, 0.5) is 0 Å². The van der Waals surface area contributed by atoms with E-state index >= 15 is 0 Å². The lowest BCUT2D eigenvalue weighted by molar-refractivity contribution is -0.143. The van der Waals surface area contributed by atoms with Gasteiger partial charge in [-0.1, -0.05) is 306 Å². The maximum Gasteiger partial charge on any atom is 0.305 e. The molecule has 0 aliphatic rings. The molecule has 2 atom stereocenters. The van der Waals surface area contributed by atoms with Crippen LogP contribution >= 0.6 is 0 Å². The van der Waals surface area contributed by atoms with Crippen LogP contribution in [0.5, 0.6) is 0 Å². The molecule has 3 N–H and O–H groups in total. The van der Waals surface area contributed by atoms with E-state index in [1.54, 1.807) is 6.08 Å². The predicted molar refractivity (Wildman–Crippen MR) is 329 cm³/mol. The highest BCUT2D eigenvalue weighted by molar-refractivity contribution is 5.76. The topological polar surface area (TPSA) is 95.9 Å². The molecule has 0 fully saturated rings. The van der Waals surface area contributed by atoms with Crippen LogP contribution in [0.1, 0.15) is 354 Å². The zero-order valence-corrected chi connectivity index (χ0v) is 50.3. The molecule has 0 aromatic rings. The lowest BCUT2D eigenvalue weighted by Crippen LogP contribution is -2.45. The third-order valence-corrected chi connectivity index (χ3v) is 15.3. The van der Waals surface area contributed by atoms with Crippen molar-refractivity contribution in [2.75, 3.05) is 13.2 Å². The summed E-state index contributed by atoms with van der Waals surface area (Å²) in [6.45, 7) is 4.87. The van der Waals surface area contributed by atoms with Crippen LogP contribution in [-0.4, -0.2) is 47.4 Å². The molecule has 0 rings (SSSR count). The van der Waals surface area contributed by atoms with Crippen LogP contribution < -0.4 is 5.32 Å². The van der Waals surface area contributed by atoms with E-state index in [0.717, 1.165) is 57.8 Å². The van der Waals surface area contributed by atoms with Crippen LogP contribution in [0.3, 0.4) is 0 Å². The Morgan fingerprint density at radius 3 is 1.07 bits per heavy atom. The van der Waals surface area contributed by atoms with Crippen molar-refractivity contribution in [3.63, 3.8) is 0 Å². The number of rotatable bonds is 62. The highest BCUT2D eigenvalue weighted by Gasteiger charge is 2.18. The lowest BCUT2D eigenvalue weighted by Gasteiger charge is -2.20. The third-order valence-electron chi connectivity index (χ3n) is 15.3. The fourth-order valence-electron chi connectivity index (χ4n) is 10.2.